The lowest BCUT2D eigenvalue weighted by Crippen LogP contribution is -2.48. The Morgan fingerprint density at radius 1 is 1.04 bits per heavy atom. The molecule has 0 aliphatic heterocycles. The van der Waals surface area contributed by atoms with Crippen molar-refractivity contribution in [1.29, 1.82) is 0 Å². The average molecular weight is 367 g/mol. The Hall–Kier alpha value is -0.350. The van der Waals surface area contributed by atoms with E-state index in [1.807, 2.05) is 0 Å². The van der Waals surface area contributed by atoms with Gasteiger partial charge in [-0.15, -0.1) is 0 Å². The van der Waals surface area contributed by atoms with E-state index < -0.39 is 10.1 Å². The fourth-order valence-electron chi connectivity index (χ4n) is 7.47. The van der Waals surface area contributed by atoms with Crippen LogP contribution in [-0.4, -0.2) is 20.8 Å². The Labute approximate surface area is 153 Å². The van der Waals surface area contributed by atoms with E-state index in [-0.39, 0.29) is 6.10 Å². The van der Waals surface area contributed by atoms with Crippen molar-refractivity contribution in [2.45, 2.75) is 77.7 Å². The molecular formula is C21H34O3S. The van der Waals surface area contributed by atoms with E-state index in [4.69, 9.17) is 4.18 Å². The molecule has 4 aliphatic rings. The molecule has 3 nitrogen and oxygen atoms in total. The lowest BCUT2D eigenvalue weighted by atomic mass is 9.50. The first-order valence-electron chi connectivity index (χ1n) is 10.4. The van der Waals surface area contributed by atoms with Crippen LogP contribution in [0.25, 0.3) is 0 Å². The van der Waals surface area contributed by atoms with Crippen molar-refractivity contribution < 1.29 is 12.6 Å². The van der Waals surface area contributed by atoms with Crippen LogP contribution in [-0.2, 0) is 14.3 Å². The van der Waals surface area contributed by atoms with E-state index in [1.54, 1.807) is 5.57 Å². The van der Waals surface area contributed by atoms with Crippen molar-refractivity contribution in [3.05, 3.63) is 11.6 Å². The van der Waals surface area contributed by atoms with Crippen LogP contribution < -0.4 is 0 Å². The molecule has 0 aromatic rings. The molecule has 0 aromatic heterocycles. The minimum Gasteiger partial charge on any atom is -0.267 e. The molecule has 0 radical (unpaired) electrons. The van der Waals surface area contributed by atoms with Crippen LogP contribution in [0.1, 0.15) is 71.6 Å². The van der Waals surface area contributed by atoms with Gasteiger partial charge in [0.2, 0.25) is 0 Å². The summed E-state index contributed by atoms with van der Waals surface area (Å²) in [5.74, 6) is 4.19. The fraction of sp³-hybridized carbons (Fsp3) is 0.905. The largest absolute Gasteiger partial charge is 0.267 e. The molecule has 4 heteroatoms. The molecule has 0 aromatic carbocycles. The zero-order chi connectivity index (χ0) is 17.8. The fourth-order valence-corrected chi connectivity index (χ4v) is 8.14. The van der Waals surface area contributed by atoms with Gasteiger partial charge in [0.05, 0.1) is 12.4 Å². The lowest BCUT2D eigenvalue weighted by molar-refractivity contribution is -0.0566. The molecule has 4 rings (SSSR count). The van der Waals surface area contributed by atoms with Gasteiger partial charge in [-0.05, 0) is 99.7 Å². The van der Waals surface area contributed by atoms with Gasteiger partial charge in [-0.2, -0.15) is 8.42 Å². The topological polar surface area (TPSA) is 43.4 Å². The van der Waals surface area contributed by atoms with Gasteiger partial charge >= 0.3 is 0 Å². The monoisotopic (exact) mass is 366 g/mol. The predicted octanol–water partition coefficient (Wildman–Crippen LogP) is 4.93. The summed E-state index contributed by atoms with van der Waals surface area (Å²) >= 11 is 0. The highest BCUT2D eigenvalue weighted by Crippen LogP contribution is 2.64. The molecule has 142 valence electrons. The van der Waals surface area contributed by atoms with Crippen molar-refractivity contribution >= 4 is 10.1 Å². The normalized spacial score (nSPS) is 48.7. The van der Waals surface area contributed by atoms with Crippen LogP contribution in [0.4, 0.5) is 0 Å². The zero-order valence-corrected chi connectivity index (χ0v) is 16.9. The van der Waals surface area contributed by atoms with Gasteiger partial charge in [0.15, 0.2) is 0 Å². The van der Waals surface area contributed by atoms with Crippen molar-refractivity contribution in [2.75, 3.05) is 6.26 Å². The minimum atomic E-state index is -3.32. The second-order valence-electron chi connectivity index (χ2n) is 9.48. The minimum absolute atomic E-state index is 0.0669. The van der Waals surface area contributed by atoms with Crippen LogP contribution in [0.3, 0.4) is 0 Å². The second-order valence-corrected chi connectivity index (χ2v) is 11.1. The molecular weight excluding hydrogens is 332 g/mol. The standard InChI is InChI=1S/C21H34O3S/c1-4-15-6-10-20-19-8-5-14-13-16(24-25(3,22)23)7-9-17(14)18(19)11-12-21(15,20)2/h4,14,16-20H,5-13H2,1-3H3. The number of fused-ring (bicyclic) bond motifs is 5. The molecule has 7 atom stereocenters. The Kier molecular flexibility index (Phi) is 4.59. The highest BCUT2D eigenvalue weighted by Gasteiger charge is 2.55. The molecule has 7 unspecified atom stereocenters. The van der Waals surface area contributed by atoms with Gasteiger partial charge in [-0.3, -0.25) is 4.18 Å². The van der Waals surface area contributed by atoms with Crippen molar-refractivity contribution in [1.82, 2.24) is 0 Å². The van der Waals surface area contributed by atoms with Crippen LogP contribution in [0, 0.1) is 35.0 Å². The molecule has 4 saturated carbocycles. The zero-order valence-electron chi connectivity index (χ0n) is 16.0. The van der Waals surface area contributed by atoms with Crippen molar-refractivity contribution in [3.8, 4) is 0 Å². The van der Waals surface area contributed by atoms with E-state index >= 15 is 0 Å². The third-order valence-electron chi connectivity index (χ3n) is 8.41. The van der Waals surface area contributed by atoms with Gasteiger partial charge in [-0.1, -0.05) is 18.6 Å². The first-order valence-corrected chi connectivity index (χ1v) is 12.2. The van der Waals surface area contributed by atoms with E-state index in [2.05, 4.69) is 19.9 Å². The molecule has 0 N–H and O–H groups in total. The summed E-state index contributed by atoms with van der Waals surface area (Å²) in [6.45, 7) is 4.77. The summed E-state index contributed by atoms with van der Waals surface area (Å²) in [5.41, 5.74) is 2.20. The van der Waals surface area contributed by atoms with E-state index in [9.17, 15) is 8.42 Å². The maximum atomic E-state index is 11.5. The van der Waals surface area contributed by atoms with E-state index in [0.29, 0.717) is 11.3 Å². The Morgan fingerprint density at radius 3 is 2.52 bits per heavy atom. The van der Waals surface area contributed by atoms with Crippen molar-refractivity contribution in [2.24, 2.45) is 35.0 Å². The molecule has 4 aliphatic carbocycles. The summed E-state index contributed by atoms with van der Waals surface area (Å²) in [5, 5.41) is 0. The van der Waals surface area contributed by atoms with E-state index in [1.165, 1.54) is 51.2 Å². The molecule has 0 heterocycles. The van der Waals surface area contributed by atoms with Crippen molar-refractivity contribution in [3.63, 3.8) is 0 Å². The van der Waals surface area contributed by atoms with E-state index in [0.717, 1.165) is 36.5 Å². The summed E-state index contributed by atoms with van der Waals surface area (Å²) in [7, 11) is -3.32. The number of allylic oxidation sites excluding steroid dienone is 2. The Morgan fingerprint density at radius 2 is 1.80 bits per heavy atom. The average Bonchev–Trinajstić information content (AvgIpc) is 2.89. The van der Waals surface area contributed by atoms with Gasteiger partial charge in [-0.25, -0.2) is 0 Å². The third-order valence-corrected chi connectivity index (χ3v) is 9.04. The highest BCUT2D eigenvalue weighted by atomic mass is 32.2. The van der Waals surface area contributed by atoms with Gasteiger partial charge in [0.25, 0.3) is 10.1 Å². The SMILES string of the molecule is CC=C1CCC2C3CCC4CC(OS(C)(=O)=O)CCC4C3CCC12C. The summed E-state index contributed by atoms with van der Waals surface area (Å²) in [4.78, 5) is 0. The van der Waals surface area contributed by atoms with Gasteiger partial charge < -0.3 is 0 Å². The molecule has 0 spiro atoms. The number of hydrogen-bond donors (Lipinski definition) is 0. The number of hydrogen-bond acceptors (Lipinski definition) is 3. The molecule has 0 saturated heterocycles. The van der Waals surface area contributed by atoms with Gasteiger partial charge in [0, 0.05) is 0 Å². The summed E-state index contributed by atoms with van der Waals surface area (Å²) in [6.07, 6.45) is 14.7. The molecule has 4 fully saturated rings. The quantitative estimate of drug-likeness (QED) is 0.514. The maximum absolute atomic E-state index is 11.5. The smallest absolute Gasteiger partial charge is 0.264 e. The predicted molar refractivity (Wildman–Crippen MR) is 101 cm³/mol. The van der Waals surface area contributed by atoms with Gasteiger partial charge in [0.1, 0.15) is 0 Å². The first kappa shape index (κ1) is 18.0. The van der Waals surface area contributed by atoms with Crippen LogP contribution in [0.5, 0.6) is 0 Å². The van der Waals surface area contributed by atoms with Crippen LogP contribution >= 0.6 is 0 Å². The lowest BCUT2D eigenvalue weighted by Gasteiger charge is -2.55. The molecule has 0 bridgehead atoms. The summed E-state index contributed by atoms with van der Waals surface area (Å²) in [6, 6.07) is 0. The number of rotatable bonds is 2. The molecule has 25 heavy (non-hydrogen) atoms. The Balaban J connectivity index is 1.48. The highest BCUT2D eigenvalue weighted by molar-refractivity contribution is 7.86. The first-order chi connectivity index (χ1) is 11.8. The summed E-state index contributed by atoms with van der Waals surface area (Å²) < 4.78 is 28.3. The molecule has 0 amide bonds. The maximum Gasteiger partial charge on any atom is 0.264 e. The Bertz CT molecular complexity index is 652. The van der Waals surface area contributed by atoms with Crippen LogP contribution in [0.15, 0.2) is 11.6 Å². The van der Waals surface area contributed by atoms with Crippen LogP contribution in [0.2, 0.25) is 0 Å². The second kappa shape index (κ2) is 6.37. The third kappa shape index (κ3) is 3.12.